The molecule has 0 aromatic heterocycles. The van der Waals surface area contributed by atoms with Gasteiger partial charge in [-0.25, -0.2) is 8.42 Å². The number of carbonyl (C=O) groups excluding carboxylic acids is 1. The van der Waals surface area contributed by atoms with Gasteiger partial charge in [0.1, 0.15) is 13.2 Å². The SMILES string of the molecule is NCCNC(=O)C1CCCN(S(=O)(=O)c2ccc3c(c2)OCCO3)C1. The Kier molecular flexibility index (Phi) is 5.45. The average Bonchev–Trinajstić information content (AvgIpc) is 2.65. The van der Waals surface area contributed by atoms with Crippen molar-refractivity contribution in [1.82, 2.24) is 9.62 Å². The first kappa shape index (κ1) is 18.0. The van der Waals surface area contributed by atoms with E-state index in [4.69, 9.17) is 15.2 Å². The van der Waals surface area contributed by atoms with Crippen LogP contribution in [0.25, 0.3) is 0 Å². The number of hydrogen-bond acceptors (Lipinski definition) is 6. The van der Waals surface area contributed by atoms with E-state index >= 15 is 0 Å². The summed E-state index contributed by atoms with van der Waals surface area (Å²) >= 11 is 0. The van der Waals surface area contributed by atoms with Gasteiger partial charge in [-0.2, -0.15) is 4.31 Å². The molecule has 3 rings (SSSR count). The summed E-state index contributed by atoms with van der Waals surface area (Å²) in [6.45, 7) is 2.17. The molecule has 9 heteroatoms. The van der Waals surface area contributed by atoms with E-state index in [1.165, 1.54) is 16.4 Å². The molecule has 138 valence electrons. The molecule has 1 unspecified atom stereocenters. The van der Waals surface area contributed by atoms with Gasteiger partial charge < -0.3 is 20.5 Å². The largest absolute Gasteiger partial charge is 0.486 e. The summed E-state index contributed by atoms with van der Waals surface area (Å²) in [7, 11) is -3.69. The number of hydrogen-bond donors (Lipinski definition) is 2. The van der Waals surface area contributed by atoms with Crippen molar-refractivity contribution in [3.8, 4) is 11.5 Å². The normalized spacial score (nSPS) is 20.9. The molecule has 0 bridgehead atoms. The predicted octanol–water partition coefficient (Wildman–Crippen LogP) is -0.0666. The van der Waals surface area contributed by atoms with Crippen molar-refractivity contribution in [3.63, 3.8) is 0 Å². The fraction of sp³-hybridized carbons (Fsp3) is 0.562. The van der Waals surface area contributed by atoms with Crippen molar-refractivity contribution in [2.24, 2.45) is 11.7 Å². The minimum absolute atomic E-state index is 0.146. The second kappa shape index (κ2) is 7.59. The Morgan fingerprint density at radius 2 is 2.04 bits per heavy atom. The Balaban J connectivity index is 1.76. The number of benzene rings is 1. The van der Waals surface area contributed by atoms with Crippen LogP contribution in [0.2, 0.25) is 0 Å². The maximum absolute atomic E-state index is 12.9. The van der Waals surface area contributed by atoms with Crippen LogP contribution in [-0.2, 0) is 14.8 Å². The van der Waals surface area contributed by atoms with Gasteiger partial charge in [-0.1, -0.05) is 0 Å². The van der Waals surface area contributed by atoms with Crippen molar-refractivity contribution in [2.45, 2.75) is 17.7 Å². The van der Waals surface area contributed by atoms with Crippen molar-refractivity contribution in [1.29, 1.82) is 0 Å². The molecule has 0 spiro atoms. The third-order valence-corrected chi connectivity index (χ3v) is 6.21. The number of nitrogens with one attached hydrogen (secondary N) is 1. The van der Waals surface area contributed by atoms with E-state index in [9.17, 15) is 13.2 Å². The molecule has 1 fully saturated rings. The molecule has 1 aromatic carbocycles. The monoisotopic (exact) mass is 369 g/mol. The highest BCUT2D eigenvalue weighted by atomic mass is 32.2. The average molecular weight is 369 g/mol. The van der Waals surface area contributed by atoms with Crippen LogP contribution >= 0.6 is 0 Å². The van der Waals surface area contributed by atoms with Crippen LogP contribution in [0.3, 0.4) is 0 Å². The molecule has 2 aliphatic heterocycles. The van der Waals surface area contributed by atoms with Gasteiger partial charge in [-0.05, 0) is 25.0 Å². The highest BCUT2D eigenvalue weighted by Gasteiger charge is 2.33. The van der Waals surface area contributed by atoms with E-state index in [1.54, 1.807) is 6.07 Å². The number of nitrogens with zero attached hydrogens (tertiary/aromatic N) is 1. The molecule has 0 aliphatic carbocycles. The van der Waals surface area contributed by atoms with E-state index in [2.05, 4.69) is 5.32 Å². The second-order valence-corrected chi connectivity index (χ2v) is 8.03. The van der Waals surface area contributed by atoms with Gasteiger partial charge in [-0.3, -0.25) is 4.79 Å². The quantitative estimate of drug-likeness (QED) is 0.752. The number of rotatable bonds is 5. The number of ether oxygens (including phenoxy) is 2. The highest BCUT2D eigenvalue weighted by Crippen LogP contribution is 2.34. The van der Waals surface area contributed by atoms with Crippen LogP contribution in [0.4, 0.5) is 0 Å². The number of carbonyl (C=O) groups is 1. The van der Waals surface area contributed by atoms with Gasteiger partial charge >= 0.3 is 0 Å². The standard InChI is InChI=1S/C16H23N3O5S/c17-5-6-18-16(20)12-2-1-7-19(11-12)25(21,22)13-3-4-14-15(10-13)24-9-8-23-14/h3-4,10,12H,1-2,5-9,11,17H2,(H,18,20). The lowest BCUT2D eigenvalue weighted by atomic mass is 9.99. The van der Waals surface area contributed by atoms with E-state index in [0.29, 0.717) is 57.2 Å². The van der Waals surface area contributed by atoms with Crippen molar-refractivity contribution in [3.05, 3.63) is 18.2 Å². The summed E-state index contributed by atoms with van der Waals surface area (Å²) in [5, 5.41) is 2.73. The molecule has 0 radical (unpaired) electrons. The lowest BCUT2D eigenvalue weighted by molar-refractivity contribution is -0.126. The first-order valence-corrected chi connectivity index (χ1v) is 9.84. The van der Waals surface area contributed by atoms with Crippen LogP contribution in [-0.4, -0.2) is 58.0 Å². The van der Waals surface area contributed by atoms with Gasteiger partial charge in [-0.15, -0.1) is 0 Å². The molecule has 25 heavy (non-hydrogen) atoms. The summed E-state index contributed by atoms with van der Waals surface area (Å²) in [5.41, 5.74) is 5.39. The number of fused-ring (bicyclic) bond motifs is 1. The minimum Gasteiger partial charge on any atom is -0.486 e. The number of nitrogens with two attached hydrogens (primary N) is 1. The highest BCUT2D eigenvalue weighted by molar-refractivity contribution is 7.89. The fourth-order valence-electron chi connectivity index (χ4n) is 3.05. The zero-order valence-corrected chi connectivity index (χ0v) is 14.8. The second-order valence-electron chi connectivity index (χ2n) is 6.09. The number of amides is 1. The Morgan fingerprint density at radius 1 is 1.28 bits per heavy atom. The molecule has 1 atom stereocenters. The third-order valence-electron chi connectivity index (χ3n) is 4.35. The summed E-state index contributed by atoms with van der Waals surface area (Å²) in [6.07, 6.45) is 1.31. The zero-order valence-electron chi connectivity index (χ0n) is 13.9. The molecular weight excluding hydrogens is 346 g/mol. The van der Waals surface area contributed by atoms with E-state index in [-0.39, 0.29) is 23.3 Å². The first-order valence-electron chi connectivity index (χ1n) is 8.40. The van der Waals surface area contributed by atoms with E-state index in [0.717, 1.165) is 0 Å². The Morgan fingerprint density at radius 3 is 2.80 bits per heavy atom. The van der Waals surface area contributed by atoms with Crippen molar-refractivity contribution >= 4 is 15.9 Å². The van der Waals surface area contributed by atoms with E-state index in [1.807, 2.05) is 0 Å². The van der Waals surface area contributed by atoms with Gasteiger partial charge in [0, 0.05) is 32.2 Å². The molecule has 2 aliphatic rings. The number of piperidine rings is 1. The van der Waals surface area contributed by atoms with Crippen LogP contribution in [0, 0.1) is 5.92 Å². The van der Waals surface area contributed by atoms with Crippen LogP contribution < -0.4 is 20.5 Å². The molecule has 8 nitrogen and oxygen atoms in total. The summed E-state index contributed by atoms with van der Waals surface area (Å²) in [5.74, 6) is 0.476. The molecule has 1 saturated heterocycles. The molecule has 0 saturated carbocycles. The third kappa shape index (κ3) is 3.88. The van der Waals surface area contributed by atoms with Gasteiger partial charge in [0.25, 0.3) is 0 Å². The minimum atomic E-state index is -3.69. The predicted molar refractivity (Wildman–Crippen MR) is 91.0 cm³/mol. The van der Waals surface area contributed by atoms with Crippen molar-refractivity contribution < 1.29 is 22.7 Å². The zero-order chi connectivity index (χ0) is 17.9. The topological polar surface area (TPSA) is 111 Å². The molecular formula is C16H23N3O5S. The van der Waals surface area contributed by atoms with Crippen LogP contribution in [0.15, 0.2) is 23.1 Å². The lowest BCUT2D eigenvalue weighted by Crippen LogP contribution is -2.46. The fourth-order valence-corrected chi connectivity index (χ4v) is 4.59. The molecule has 2 heterocycles. The Bertz CT molecular complexity index is 737. The molecule has 1 amide bonds. The van der Waals surface area contributed by atoms with Gasteiger partial charge in [0.15, 0.2) is 11.5 Å². The van der Waals surface area contributed by atoms with Gasteiger partial charge in [0.05, 0.1) is 10.8 Å². The van der Waals surface area contributed by atoms with Crippen LogP contribution in [0.5, 0.6) is 11.5 Å². The molecule has 3 N–H and O–H groups in total. The summed E-state index contributed by atoms with van der Waals surface area (Å²) < 4.78 is 38.1. The Labute approximate surface area is 147 Å². The maximum Gasteiger partial charge on any atom is 0.243 e. The smallest absolute Gasteiger partial charge is 0.243 e. The lowest BCUT2D eigenvalue weighted by Gasteiger charge is -2.31. The van der Waals surface area contributed by atoms with Crippen LogP contribution in [0.1, 0.15) is 12.8 Å². The Hall–Kier alpha value is -1.84. The summed E-state index contributed by atoms with van der Waals surface area (Å²) in [6, 6.07) is 4.61. The summed E-state index contributed by atoms with van der Waals surface area (Å²) in [4.78, 5) is 12.3. The van der Waals surface area contributed by atoms with Gasteiger partial charge in [0.2, 0.25) is 15.9 Å². The first-order chi connectivity index (χ1) is 12.0. The molecule has 1 aromatic rings. The van der Waals surface area contributed by atoms with Crippen molar-refractivity contribution in [2.75, 3.05) is 39.4 Å². The maximum atomic E-state index is 12.9. The van der Waals surface area contributed by atoms with E-state index < -0.39 is 10.0 Å². The number of sulfonamides is 1.